The Morgan fingerprint density at radius 3 is 2.38 bits per heavy atom. The van der Waals surface area contributed by atoms with Crippen LogP contribution in [0, 0.1) is 0 Å². The predicted molar refractivity (Wildman–Crippen MR) is 132 cm³/mol. The lowest BCUT2D eigenvalue weighted by molar-refractivity contribution is -0.137. The summed E-state index contributed by atoms with van der Waals surface area (Å²) in [6, 6.07) is 24.1. The fourth-order valence-electron chi connectivity index (χ4n) is 4.23. The van der Waals surface area contributed by atoms with Crippen molar-refractivity contribution in [2.75, 3.05) is 0 Å². The summed E-state index contributed by atoms with van der Waals surface area (Å²) < 4.78 is 39.9. The van der Waals surface area contributed by atoms with E-state index in [0.717, 1.165) is 44.1 Å². The minimum atomic E-state index is -4.37. The van der Waals surface area contributed by atoms with Gasteiger partial charge in [0.1, 0.15) is 0 Å². The molecule has 170 valence electrons. The normalized spacial score (nSPS) is 12.7. The van der Waals surface area contributed by atoms with Gasteiger partial charge in [0.15, 0.2) is 0 Å². The second-order valence-electron chi connectivity index (χ2n) is 8.20. The summed E-state index contributed by atoms with van der Waals surface area (Å²) in [6.45, 7) is 1.97. The van der Waals surface area contributed by atoms with Crippen molar-refractivity contribution in [1.29, 1.82) is 0 Å². The summed E-state index contributed by atoms with van der Waals surface area (Å²) in [7, 11) is 0. The highest BCUT2D eigenvalue weighted by Gasteiger charge is 2.30. The van der Waals surface area contributed by atoms with Crippen molar-refractivity contribution in [1.82, 2.24) is 5.32 Å². The summed E-state index contributed by atoms with van der Waals surface area (Å²) >= 11 is 1.65. The van der Waals surface area contributed by atoms with Crippen LogP contribution in [0.5, 0.6) is 0 Å². The number of halogens is 3. The maximum atomic E-state index is 13.0. The van der Waals surface area contributed by atoms with Gasteiger partial charge in [-0.2, -0.15) is 13.2 Å². The molecule has 1 heterocycles. The highest BCUT2D eigenvalue weighted by Crippen LogP contribution is 2.34. The van der Waals surface area contributed by atoms with Crippen molar-refractivity contribution in [3.05, 3.63) is 107 Å². The first-order valence-corrected chi connectivity index (χ1v) is 11.7. The summed E-state index contributed by atoms with van der Waals surface area (Å²) in [5.41, 5.74) is 2.43. The number of benzene rings is 4. The third kappa shape index (κ3) is 4.17. The molecule has 4 aromatic carbocycles. The Kier molecular flexibility index (Phi) is 5.62. The van der Waals surface area contributed by atoms with Crippen LogP contribution in [0.1, 0.15) is 34.5 Å². The molecule has 5 aromatic rings. The van der Waals surface area contributed by atoms with Crippen molar-refractivity contribution in [2.24, 2.45) is 0 Å². The summed E-state index contributed by atoms with van der Waals surface area (Å²) in [5.74, 6) is -0.178. The van der Waals surface area contributed by atoms with Gasteiger partial charge in [0, 0.05) is 10.3 Å². The zero-order valence-electron chi connectivity index (χ0n) is 18.2. The number of thiophene rings is 1. The Balaban J connectivity index is 1.42. The Bertz CT molecular complexity index is 1500. The first kappa shape index (κ1) is 22.2. The molecule has 0 aliphatic heterocycles. The number of hydrogen-bond donors (Lipinski definition) is 1. The van der Waals surface area contributed by atoms with E-state index in [-0.39, 0.29) is 11.9 Å². The van der Waals surface area contributed by atoms with Crippen molar-refractivity contribution in [3.63, 3.8) is 0 Å². The minimum absolute atomic E-state index is 0.163. The molecule has 0 saturated heterocycles. The molecule has 0 aliphatic carbocycles. The van der Waals surface area contributed by atoms with Gasteiger partial charge in [0.05, 0.1) is 11.6 Å². The standard InChI is InChI=1S/C28H20F3NOS/c1-17(23-6-2-4-19-14-15-34-26(19)23)32-27(33)21-10-13-25-20(16-21)5-3-7-24(25)18-8-11-22(12-9-18)28(29,30)31/h2-17H,1H3,(H,32,33)/t17-/m0/s1. The number of carbonyl (C=O) groups excluding carboxylic acids is 1. The topological polar surface area (TPSA) is 29.1 Å². The molecule has 1 aromatic heterocycles. The van der Waals surface area contributed by atoms with E-state index in [4.69, 9.17) is 0 Å². The van der Waals surface area contributed by atoms with Crippen molar-refractivity contribution < 1.29 is 18.0 Å². The SMILES string of the molecule is C[C@H](NC(=O)c1ccc2c(-c3ccc(C(F)(F)F)cc3)cccc2c1)c1cccc2ccsc12. The lowest BCUT2D eigenvalue weighted by Gasteiger charge is -2.16. The van der Waals surface area contributed by atoms with E-state index in [0.29, 0.717) is 11.1 Å². The quantitative estimate of drug-likeness (QED) is 0.279. The molecule has 0 aliphatic rings. The third-order valence-corrected chi connectivity index (χ3v) is 6.97. The van der Waals surface area contributed by atoms with E-state index in [1.54, 1.807) is 17.4 Å². The first-order chi connectivity index (χ1) is 16.3. The molecule has 1 amide bonds. The van der Waals surface area contributed by atoms with Gasteiger partial charge in [-0.1, -0.05) is 54.6 Å². The van der Waals surface area contributed by atoms with E-state index in [2.05, 4.69) is 17.4 Å². The Hall–Kier alpha value is -3.64. The molecule has 0 saturated carbocycles. The minimum Gasteiger partial charge on any atom is -0.345 e. The molecule has 0 bridgehead atoms. The fourth-order valence-corrected chi connectivity index (χ4v) is 5.23. The van der Waals surface area contributed by atoms with Crippen LogP contribution in [-0.4, -0.2) is 5.91 Å². The number of rotatable bonds is 4. The Morgan fingerprint density at radius 1 is 0.882 bits per heavy atom. The molecular weight excluding hydrogens is 455 g/mol. The number of carbonyl (C=O) groups is 1. The molecule has 0 unspecified atom stereocenters. The lowest BCUT2D eigenvalue weighted by atomic mass is 9.96. The van der Waals surface area contributed by atoms with E-state index in [1.165, 1.54) is 12.1 Å². The molecule has 0 fully saturated rings. The molecule has 0 spiro atoms. The summed E-state index contributed by atoms with van der Waals surface area (Å²) in [4.78, 5) is 13.0. The zero-order valence-corrected chi connectivity index (χ0v) is 19.0. The third-order valence-electron chi connectivity index (χ3n) is 5.99. The van der Waals surface area contributed by atoms with Gasteiger partial charge in [-0.3, -0.25) is 4.79 Å². The van der Waals surface area contributed by atoms with E-state index >= 15 is 0 Å². The number of nitrogens with one attached hydrogen (secondary N) is 1. The van der Waals surface area contributed by atoms with Gasteiger partial charge < -0.3 is 5.32 Å². The van der Waals surface area contributed by atoms with Gasteiger partial charge in [-0.25, -0.2) is 0 Å². The molecule has 2 nitrogen and oxygen atoms in total. The van der Waals surface area contributed by atoms with Crippen LogP contribution in [0.15, 0.2) is 90.3 Å². The van der Waals surface area contributed by atoms with Gasteiger partial charge in [-0.05, 0) is 75.5 Å². The summed E-state index contributed by atoms with van der Waals surface area (Å²) in [5, 5.41) is 8.00. The van der Waals surface area contributed by atoms with Gasteiger partial charge >= 0.3 is 6.18 Å². The molecule has 34 heavy (non-hydrogen) atoms. The highest BCUT2D eigenvalue weighted by atomic mass is 32.1. The molecular formula is C28H20F3NOS. The van der Waals surface area contributed by atoms with E-state index in [9.17, 15) is 18.0 Å². The van der Waals surface area contributed by atoms with Gasteiger partial charge in [-0.15, -0.1) is 11.3 Å². The highest BCUT2D eigenvalue weighted by molar-refractivity contribution is 7.17. The Morgan fingerprint density at radius 2 is 1.62 bits per heavy atom. The van der Waals surface area contributed by atoms with Gasteiger partial charge in [0.25, 0.3) is 5.91 Å². The zero-order chi connectivity index (χ0) is 23.9. The molecule has 0 radical (unpaired) electrons. The maximum absolute atomic E-state index is 13.0. The molecule has 6 heteroatoms. The fraction of sp³-hybridized carbons (Fsp3) is 0.107. The predicted octanol–water partition coefficient (Wildman–Crippen LogP) is 8.23. The van der Waals surface area contributed by atoms with Crippen LogP contribution in [0.4, 0.5) is 13.2 Å². The van der Waals surface area contributed by atoms with Gasteiger partial charge in [0.2, 0.25) is 0 Å². The molecule has 1 atom stereocenters. The van der Waals surface area contributed by atoms with E-state index in [1.807, 2.05) is 54.8 Å². The maximum Gasteiger partial charge on any atom is 0.416 e. The lowest BCUT2D eigenvalue weighted by Crippen LogP contribution is -2.26. The Labute approximate surface area is 198 Å². The van der Waals surface area contributed by atoms with Crippen molar-refractivity contribution >= 4 is 38.1 Å². The van der Waals surface area contributed by atoms with Crippen LogP contribution in [-0.2, 0) is 6.18 Å². The number of hydrogen-bond acceptors (Lipinski definition) is 2. The molecule has 5 rings (SSSR count). The first-order valence-electron chi connectivity index (χ1n) is 10.8. The smallest absolute Gasteiger partial charge is 0.345 e. The van der Waals surface area contributed by atoms with Crippen LogP contribution in [0.25, 0.3) is 32.0 Å². The van der Waals surface area contributed by atoms with Crippen LogP contribution in [0.2, 0.25) is 0 Å². The van der Waals surface area contributed by atoms with Crippen LogP contribution < -0.4 is 5.32 Å². The number of alkyl halides is 3. The van der Waals surface area contributed by atoms with E-state index < -0.39 is 11.7 Å². The van der Waals surface area contributed by atoms with Crippen molar-refractivity contribution in [2.45, 2.75) is 19.1 Å². The largest absolute Gasteiger partial charge is 0.416 e. The summed E-state index contributed by atoms with van der Waals surface area (Å²) in [6.07, 6.45) is -4.37. The van der Waals surface area contributed by atoms with Crippen LogP contribution in [0.3, 0.4) is 0 Å². The molecule has 1 N–H and O–H groups in total. The second kappa shape index (κ2) is 8.61. The van der Waals surface area contributed by atoms with Crippen molar-refractivity contribution in [3.8, 4) is 11.1 Å². The average Bonchev–Trinajstić information content (AvgIpc) is 3.32. The second-order valence-corrected chi connectivity index (χ2v) is 9.11. The van der Waals surface area contributed by atoms with Crippen LogP contribution >= 0.6 is 11.3 Å². The average molecular weight is 476 g/mol. The number of fused-ring (bicyclic) bond motifs is 2. The number of amides is 1. The monoisotopic (exact) mass is 475 g/mol.